The fraction of sp³-hybridized carbons (Fsp3) is 0.667. The molecule has 0 aromatic heterocycles. The van der Waals surface area contributed by atoms with Crippen molar-refractivity contribution >= 4 is 0 Å². The summed E-state index contributed by atoms with van der Waals surface area (Å²) in [7, 11) is 0. The van der Waals surface area contributed by atoms with E-state index in [9.17, 15) is 0 Å². The van der Waals surface area contributed by atoms with E-state index in [4.69, 9.17) is 0 Å². The van der Waals surface area contributed by atoms with Gasteiger partial charge in [0.05, 0.1) is 0 Å². The zero-order valence-corrected chi connectivity index (χ0v) is 13.9. The summed E-state index contributed by atoms with van der Waals surface area (Å²) in [6.07, 6.45) is 2.51. The first-order valence-corrected chi connectivity index (χ1v) is 7.69. The molecule has 0 bridgehead atoms. The second-order valence-corrected chi connectivity index (χ2v) is 6.26. The Hall–Kier alpha value is -0.820. The van der Waals surface area contributed by atoms with Crippen molar-refractivity contribution < 1.29 is 0 Å². The molecule has 0 amide bonds. The quantitative estimate of drug-likeness (QED) is 0.759. The highest BCUT2D eigenvalue weighted by Gasteiger charge is 2.18. The van der Waals surface area contributed by atoms with Crippen molar-refractivity contribution in [1.82, 2.24) is 5.32 Å². The van der Waals surface area contributed by atoms with E-state index < -0.39 is 0 Å². The van der Waals surface area contributed by atoms with Gasteiger partial charge in [-0.25, -0.2) is 0 Å². The molecule has 0 saturated heterocycles. The molecule has 1 rings (SSSR count). The highest BCUT2D eigenvalue weighted by Crippen LogP contribution is 2.30. The number of hydrogen-bond donors (Lipinski definition) is 1. The first kappa shape index (κ1) is 16.2. The Balaban J connectivity index is 3.14. The van der Waals surface area contributed by atoms with Crippen molar-refractivity contribution in [2.45, 2.75) is 67.3 Å². The molecule has 0 aliphatic heterocycles. The highest BCUT2D eigenvalue weighted by atomic mass is 14.9. The molecular formula is C18H31N. The third kappa shape index (κ3) is 4.07. The van der Waals surface area contributed by atoms with E-state index in [1.807, 2.05) is 0 Å². The molecule has 108 valence electrons. The summed E-state index contributed by atoms with van der Waals surface area (Å²) in [5.74, 6) is 0.771. The van der Waals surface area contributed by atoms with Crippen molar-refractivity contribution in [3.8, 4) is 0 Å². The maximum absolute atomic E-state index is 3.69. The Bertz CT molecular complexity index is 392. The molecular weight excluding hydrogens is 230 g/mol. The van der Waals surface area contributed by atoms with Gasteiger partial charge in [0.1, 0.15) is 0 Å². The first-order valence-electron chi connectivity index (χ1n) is 7.69. The zero-order valence-electron chi connectivity index (χ0n) is 13.9. The summed E-state index contributed by atoms with van der Waals surface area (Å²) in [5, 5.41) is 3.69. The molecule has 1 heteroatoms. The van der Waals surface area contributed by atoms with Crippen LogP contribution in [0.15, 0.2) is 6.07 Å². The topological polar surface area (TPSA) is 12.0 Å². The number of benzene rings is 1. The van der Waals surface area contributed by atoms with Gasteiger partial charge in [-0.2, -0.15) is 0 Å². The minimum atomic E-state index is 0.506. The van der Waals surface area contributed by atoms with Crippen LogP contribution < -0.4 is 5.32 Å². The van der Waals surface area contributed by atoms with Gasteiger partial charge < -0.3 is 5.32 Å². The van der Waals surface area contributed by atoms with Gasteiger partial charge in [0, 0.05) is 6.04 Å². The third-order valence-electron chi connectivity index (χ3n) is 4.26. The fourth-order valence-electron chi connectivity index (χ4n) is 2.86. The average Bonchev–Trinajstić information content (AvgIpc) is 2.33. The van der Waals surface area contributed by atoms with Crippen LogP contribution in [0, 0.1) is 33.6 Å². The Labute approximate surface area is 119 Å². The molecule has 0 heterocycles. The Kier molecular flexibility index (Phi) is 6.06. The molecule has 1 unspecified atom stereocenters. The van der Waals surface area contributed by atoms with Crippen molar-refractivity contribution in [1.29, 1.82) is 0 Å². The summed E-state index contributed by atoms with van der Waals surface area (Å²) in [6, 6.07) is 2.82. The molecule has 0 fully saturated rings. The number of hydrogen-bond acceptors (Lipinski definition) is 1. The van der Waals surface area contributed by atoms with E-state index in [0.717, 1.165) is 12.5 Å². The van der Waals surface area contributed by atoms with Crippen LogP contribution in [0.1, 0.15) is 67.5 Å². The van der Waals surface area contributed by atoms with Crippen LogP contribution in [0.25, 0.3) is 0 Å². The van der Waals surface area contributed by atoms with Crippen LogP contribution >= 0.6 is 0 Å². The second-order valence-electron chi connectivity index (χ2n) is 6.26. The minimum absolute atomic E-state index is 0.506. The van der Waals surface area contributed by atoms with Gasteiger partial charge in [0.2, 0.25) is 0 Å². The lowest BCUT2D eigenvalue weighted by Gasteiger charge is -2.25. The second kappa shape index (κ2) is 7.09. The van der Waals surface area contributed by atoms with Gasteiger partial charge in [-0.15, -0.1) is 0 Å². The number of aryl methyl sites for hydroxylation is 2. The van der Waals surface area contributed by atoms with E-state index in [-0.39, 0.29) is 0 Å². The van der Waals surface area contributed by atoms with Gasteiger partial charge in [0.15, 0.2) is 0 Å². The predicted molar refractivity (Wildman–Crippen MR) is 85.9 cm³/mol. The van der Waals surface area contributed by atoms with Crippen LogP contribution in [0.5, 0.6) is 0 Å². The Morgan fingerprint density at radius 3 is 1.89 bits per heavy atom. The van der Waals surface area contributed by atoms with E-state index in [2.05, 4.69) is 59.8 Å². The van der Waals surface area contributed by atoms with Crippen LogP contribution in [0.3, 0.4) is 0 Å². The van der Waals surface area contributed by atoms with Gasteiger partial charge in [-0.1, -0.05) is 26.8 Å². The molecule has 1 N–H and O–H groups in total. The van der Waals surface area contributed by atoms with E-state index in [0.29, 0.717) is 6.04 Å². The van der Waals surface area contributed by atoms with E-state index in [1.165, 1.54) is 35.1 Å². The highest BCUT2D eigenvalue weighted by molar-refractivity contribution is 5.45. The van der Waals surface area contributed by atoms with Gasteiger partial charge >= 0.3 is 0 Å². The SMILES string of the molecule is CCNC(CCC(C)C)c1c(C)c(C)cc(C)c1C. The van der Waals surface area contributed by atoms with E-state index in [1.54, 1.807) is 5.56 Å². The Morgan fingerprint density at radius 1 is 0.947 bits per heavy atom. The smallest absolute Gasteiger partial charge is 0.0325 e. The average molecular weight is 261 g/mol. The van der Waals surface area contributed by atoms with Crippen LogP contribution in [-0.2, 0) is 0 Å². The maximum atomic E-state index is 3.69. The minimum Gasteiger partial charge on any atom is -0.310 e. The van der Waals surface area contributed by atoms with E-state index >= 15 is 0 Å². The fourth-order valence-corrected chi connectivity index (χ4v) is 2.86. The molecule has 1 aromatic rings. The monoisotopic (exact) mass is 261 g/mol. The van der Waals surface area contributed by atoms with Gasteiger partial charge in [0.25, 0.3) is 0 Å². The summed E-state index contributed by atoms with van der Waals surface area (Å²) in [5.41, 5.74) is 7.33. The van der Waals surface area contributed by atoms with Crippen molar-refractivity contribution in [3.63, 3.8) is 0 Å². The maximum Gasteiger partial charge on any atom is 0.0325 e. The van der Waals surface area contributed by atoms with Gasteiger partial charge in [-0.05, 0) is 80.8 Å². The summed E-state index contributed by atoms with van der Waals surface area (Å²) < 4.78 is 0. The summed E-state index contributed by atoms with van der Waals surface area (Å²) in [6.45, 7) is 16.9. The normalized spacial score (nSPS) is 13.1. The lowest BCUT2D eigenvalue weighted by atomic mass is 9.87. The van der Waals surface area contributed by atoms with Crippen molar-refractivity contribution in [2.24, 2.45) is 5.92 Å². The predicted octanol–water partition coefficient (Wildman–Crippen LogP) is 5.01. The molecule has 1 nitrogen and oxygen atoms in total. The molecule has 1 aromatic carbocycles. The third-order valence-corrected chi connectivity index (χ3v) is 4.26. The summed E-state index contributed by atoms with van der Waals surface area (Å²) >= 11 is 0. The molecule has 0 radical (unpaired) electrons. The first-order chi connectivity index (χ1) is 8.88. The molecule has 0 saturated carbocycles. The van der Waals surface area contributed by atoms with Crippen molar-refractivity contribution in [3.05, 3.63) is 33.9 Å². The largest absolute Gasteiger partial charge is 0.310 e. The zero-order chi connectivity index (χ0) is 14.6. The lowest BCUT2D eigenvalue weighted by Crippen LogP contribution is -2.23. The number of rotatable bonds is 6. The van der Waals surface area contributed by atoms with Crippen LogP contribution in [0.4, 0.5) is 0 Å². The number of nitrogens with one attached hydrogen (secondary N) is 1. The molecule has 19 heavy (non-hydrogen) atoms. The molecule has 0 spiro atoms. The molecule has 1 atom stereocenters. The lowest BCUT2D eigenvalue weighted by molar-refractivity contribution is 0.445. The van der Waals surface area contributed by atoms with Crippen LogP contribution in [0.2, 0.25) is 0 Å². The van der Waals surface area contributed by atoms with Crippen molar-refractivity contribution in [2.75, 3.05) is 6.54 Å². The van der Waals surface area contributed by atoms with Crippen LogP contribution in [-0.4, -0.2) is 6.54 Å². The Morgan fingerprint density at radius 2 is 1.47 bits per heavy atom. The molecule has 0 aliphatic carbocycles. The summed E-state index contributed by atoms with van der Waals surface area (Å²) in [4.78, 5) is 0. The van der Waals surface area contributed by atoms with Gasteiger partial charge in [-0.3, -0.25) is 0 Å². The molecule has 0 aliphatic rings. The standard InChI is InChI=1S/C18H31N/c1-8-19-17(10-9-12(2)3)18-15(6)13(4)11-14(5)16(18)7/h11-12,17,19H,8-10H2,1-7H3.